The van der Waals surface area contributed by atoms with E-state index < -0.39 is 17.4 Å². The van der Waals surface area contributed by atoms with Gasteiger partial charge in [0.15, 0.2) is 6.61 Å². The van der Waals surface area contributed by atoms with Crippen molar-refractivity contribution < 1.29 is 23.8 Å². The highest BCUT2D eigenvalue weighted by molar-refractivity contribution is 6.34. The van der Waals surface area contributed by atoms with E-state index in [9.17, 15) is 9.59 Å². The maximum Gasteiger partial charge on any atom is 0.378 e. The summed E-state index contributed by atoms with van der Waals surface area (Å²) < 4.78 is 15.1. The monoisotopic (exact) mass is 266 g/mol. The molecule has 0 heterocycles. The molecule has 0 aliphatic carbocycles. The number of hydrogen-bond donors (Lipinski definition) is 0. The highest BCUT2D eigenvalue weighted by Crippen LogP contribution is 2.17. The zero-order valence-electron chi connectivity index (χ0n) is 11.6. The predicted octanol–water partition coefficient (Wildman–Crippen LogP) is 1.98. The van der Waals surface area contributed by atoms with Crippen LogP contribution in [-0.2, 0) is 14.3 Å². The molecule has 0 saturated carbocycles. The Morgan fingerprint density at radius 3 is 2.05 bits per heavy atom. The van der Waals surface area contributed by atoms with Crippen LogP contribution in [0.25, 0.3) is 0 Å². The topological polar surface area (TPSA) is 61.8 Å². The lowest BCUT2D eigenvalue weighted by Gasteiger charge is -2.18. The van der Waals surface area contributed by atoms with Gasteiger partial charge in [-0.15, -0.1) is 0 Å². The Kier molecular flexibility index (Phi) is 4.92. The van der Waals surface area contributed by atoms with Crippen LogP contribution in [0.1, 0.15) is 20.8 Å². The molecule has 104 valence electrons. The van der Waals surface area contributed by atoms with Gasteiger partial charge in [0.2, 0.25) is 0 Å². The summed E-state index contributed by atoms with van der Waals surface area (Å²) in [7, 11) is 1.56. The molecular formula is C14H18O5. The van der Waals surface area contributed by atoms with Crippen LogP contribution in [0.5, 0.6) is 11.5 Å². The summed E-state index contributed by atoms with van der Waals surface area (Å²) in [5.74, 6) is -0.435. The third-order valence-electron chi connectivity index (χ3n) is 2.06. The van der Waals surface area contributed by atoms with E-state index in [1.54, 1.807) is 52.1 Å². The fourth-order valence-corrected chi connectivity index (χ4v) is 1.21. The van der Waals surface area contributed by atoms with Crippen LogP contribution in [0.2, 0.25) is 0 Å². The molecular weight excluding hydrogens is 248 g/mol. The predicted molar refractivity (Wildman–Crippen MR) is 69.3 cm³/mol. The van der Waals surface area contributed by atoms with E-state index in [-0.39, 0.29) is 6.61 Å². The van der Waals surface area contributed by atoms with Crippen molar-refractivity contribution in [1.82, 2.24) is 0 Å². The molecule has 0 atom stereocenters. The van der Waals surface area contributed by atoms with E-state index in [2.05, 4.69) is 0 Å². The standard InChI is InChI=1S/C14H18O5/c1-14(2,3)19-13(16)12(15)9-18-11-7-5-10(17-4)6-8-11/h5-8H,9H2,1-4H3. The minimum Gasteiger partial charge on any atom is -0.497 e. The normalized spacial score (nSPS) is 10.7. The minimum atomic E-state index is -0.888. The Bertz CT molecular complexity index is 442. The summed E-state index contributed by atoms with van der Waals surface area (Å²) in [6.07, 6.45) is 0. The molecule has 0 N–H and O–H groups in total. The molecule has 1 aromatic rings. The lowest BCUT2D eigenvalue weighted by Crippen LogP contribution is -2.31. The lowest BCUT2D eigenvalue weighted by molar-refractivity contribution is -0.163. The number of carbonyl (C=O) groups is 2. The molecule has 1 rings (SSSR count). The highest BCUT2D eigenvalue weighted by atomic mass is 16.6. The number of carbonyl (C=O) groups excluding carboxylic acids is 2. The van der Waals surface area contributed by atoms with Gasteiger partial charge in [-0.2, -0.15) is 0 Å². The molecule has 0 fully saturated rings. The Labute approximate surface area is 112 Å². The first-order valence-corrected chi connectivity index (χ1v) is 5.85. The second-order valence-corrected chi connectivity index (χ2v) is 4.89. The van der Waals surface area contributed by atoms with Crippen LogP contribution >= 0.6 is 0 Å². The maximum atomic E-state index is 11.5. The van der Waals surface area contributed by atoms with Gasteiger partial charge < -0.3 is 14.2 Å². The van der Waals surface area contributed by atoms with E-state index in [0.29, 0.717) is 11.5 Å². The van der Waals surface area contributed by atoms with Crippen molar-refractivity contribution in [2.75, 3.05) is 13.7 Å². The first-order valence-electron chi connectivity index (χ1n) is 5.85. The maximum absolute atomic E-state index is 11.5. The summed E-state index contributed by atoms with van der Waals surface area (Å²) in [5, 5.41) is 0. The molecule has 19 heavy (non-hydrogen) atoms. The molecule has 0 aromatic heterocycles. The third kappa shape index (κ3) is 5.42. The molecule has 1 aromatic carbocycles. The molecule has 5 heteroatoms. The summed E-state index contributed by atoms with van der Waals surface area (Å²) in [6, 6.07) is 6.71. The number of ketones is 1. The fourth-order valence-electron chi connectivity index (χ4n) is 1.21. The van der Waals surface area contributed by atoms with Gasteiger partial charge in [0.05, 0.1) is 7.11 Å². The smallest absolute Gasteiger partial charge is 0.378 e. The fraction of sp³-hybridized carbons (Fsp3) is 0.429. The second-order valence-electron chi connectivity index (χ2n) is 4.89. The van der Waals surface area contributed by atoms with Crippen LogP contribution in [0.4, 0.5) is 0 Å². The number of esters is 1. The van der Waals surface area contributed by atoms with Gasteiger partial charge in [0.25, 0.3) is 5.78 Å². The molecule has 0 saturated heterocycles. The number of Topliss-reactive ketones (excluding diaryl/α,β-unsaturated/α-hetero) is 1. The molecule has 0 bridgehead atoms. The lowest BCUT2D eigenvalue weighted by atomic mass is 10.2. The molecule has 0 amide bonds. The van der Waals surface area contributed by atoms with Gasteiger partial charge in [-0.25, -0.2) is 4.79 Å². The average Bonchev–Trinajstić information content (AvgIpc) is 2.34. The van der Waals surface area contributed by atoms with Crippen LogP contribution in [0.3, 0.4) is 0 Å². The Balaban J connectivity index is 2.47. The van der Waals surface area contributed by atoms with Gasteiger partial charge >= 0.3 is 5.97 Å². The van der Waals surface area contributed by atoms with Gasteiger partial charge in [-0.3, -0.25) is 4.79 Å². The van der Waals surface area contributed by atoms with Crippen molar-refractivity contribution >= 4 is 11.8 Å². The highest BCUT2D eigenvalue weighted by Gasteiger charge is 2.23. The molecule has 0 unspecified atom stereocenters. The summed E-state index contributed by atoms with van der Waals surface area (Å²) in [5.41, 5.74) is -0.688. The Morgan fingerprint density at radius 1 is 1.05 bits per heavy atom. The van der Waals surface area contributed by atoms with E-state index in [0.717, 1.165) is 0 Å². The number of hydrogen-bond acceptors (Lipinski definition) is 5. The minimum absolute atomic E-state index is 0.346. The van der Waals surface area contributed by atoms with E-state index in [4.69, 9.17) is 14.2 Å². The van der Waals surface area contributed by atoms with E-state index in [1.807, 2.05) is 0 Å². The zero-order chi connectivity index (χ0) is 14.5. The van der Waals surface area contributed by atoms with Crippen LogP contribution in [0.15, 0.2) is 24.3 Å². The van der Waals surface area contributed by atoms with Crippen molar-refractivity contribution in [3.05, 3.63) is 24.3 Å². The second kappa shape index (κ2) is 6.22. The first-order chi connectivity index (χ1) is 8.81. The largest absolute Gasteiger partial charge is 0.497 e. The van der Waals surface area contributed by atoms with Crippen molar-refractivity contribution in [3.8, 4) is 11.5 Å². The van der Waals surface area contributed by atoms with Crippen LogP contribution in [0, 0.1) is 0 Å². The number of methoxy groups -OCH3 is 1. The first kappa shape index (κ1) is 15.0. The molecule has 0 aliphatic rings. The van der Waals surface area contributed by atoms with Gasteiger partial charge in [0.1, 0.15) is 17.1 Å². The van der Waals surface area contributed by atoms with Crippen LogP contribution in [-0.4, -0.2) is 31.1 Å². The van der Waals surface area contributed by atoms with Gasteiger partial charge in [0, 0.05) is 0 Å². The number of ether oxygens (including phenoxy) is 3. The SMILES string of the molecule is COc1ccc(OCC(=O)C(=O)OC(C)(C)C)cc1. The van der Waals surface area contributed by atoms with Crippen LogP contribution < -0.4 is 9.47 Å². The van der Waals surface area contributed by atoms with Crippen molar-refractivity contribution in [2.24, 2.45) is 0 Å². The Morgan fingerprint density at radius 2 is 1.58 bits per heavy atom. The quantitative estimate of drug-likeness (QED) is 0.602. The number of benzene rings is 1. The third-order valence-corrected chi connectivity index (χ3v) is 2.06. The van der Waals surface area contributed by atoms with Crippen molar-refractivity contribution in [3.63, 3.8) is 0 Å². The van der Waals surface area contributed by atoms with Gasteiger partial charge in [-0.1, -0.05) is 0 Å². The molecule has 0 aliphatic heterocycles. The average molecular weight is 266 g/mol. The molecule has 5 nitrogen and oxygen atoms in total. The summed E-state index contributed by atoms with van der Waals surface area (Å²) in [6.45, 7) is 4.74. The zero-order valence-corrected chi connectivity index (χ0v) is 11.6. The molecule has 0 radical (unpaired) electrons. The van der Waals surface area contributed by atoms with Gasteiger partial charge in [-0.05, 0) is 45.0 Å². The summed E-state index contributed by atoms with van der Waals surface area (Å²) >= 11 is 0. The summed E-state index contributed by atoms with van der Waals surface area (Å²) in [4.78, 5) is 22.9. The van der Waals surface area contributed by atoms with Crippen molar-refractivity contribution in [2.45, 2.75) is 26.4 Å². The van der Waals surface area contributed by atoms with Crippen molar-refractivity contribution in [1.29, 1.82) is 0 Å². The van der Waals surface area contributed by atoms with E-state index in [1.165, 1.54) is 0 Å². The molecule has 0 spiro atoms. The Hall–Kier alpha value is -2.04. The number of rotatable bonds is 5. The van der Waals surface area contributed by atoms with E-state index >= 15 is 0 Å².